The van der Waals surface area contributed by atoms with E-state index in [9.17, 15) is 4.79 Å². The molecule has 0 unspecified atom stereocenters. The van der Waals surface area contributed by atoms with Crippen LogP contribution < -0.4 is 0 Å². The van der Waals surface area contributed by atoms with Crippen LogP contribution in [0.5, 0.6) is 0 Å². The lowest BCUT2D eigenvalue weighted by molar-refractivity contribution is -0.141. The Bertz CT molecular complexity index is 368. The summed E-state index contributed by atoms with van der Waals surface area (Å²) < 4.78 is 5.15. The van der Waals surface area contributed by atoms with E-state index in [2.05, 4.69) is 13.0 Å². The van der Waals surface area contributed by atoms with Gasteiger partial charge in [-0.1, -0.05) is 68.7 Å². The summed E-state index contributed by atoms with van der Waals surface area (Å²) in [7, 11) is 0. The molecule has 0 N–H and O–H groups in total. The zero-order valence-electron chi connectivity index (χ0n) is 11.8. The number of hydrogen-bond donors (Lipinski definition) is 0. The first-order valence-electron chi connectivity index (χ1n) is 7.17. The van der Waals surface area contributed by atoms with Gasteiger partial charge in [-0.05, 0) is 18.4 Å². The van der Waals surface area contributed by atoms with E-state index >= 15 is 0 Å². The molecular weight excluding hydrogens is 236 g/mol. The molecule has 2 nitrogen and oxygen atoms in total. The van der Waals surface area contributed by atoms with Crippen LogP contribution in [0, 0.1) is 0 Å². The summed E-state index contributed by atoms with van der Waals surface area (Å²) in [5, 5.41) is 0. The molecule has 0 aliphatic heterocycles. The highest BCUT2D eigenvalue weighted by molar-refractivity contribution is 5.72. The molecule has 0 spiro atoms. The first-order valence-corrected chi connectivity index (χ1v) is 7.17. The summed E-state index contributed by atoms with van der Waals surface area (Å²) in [4.78, 5) is 11.5. The van der Waals surface area contributed by atoms with Gasteiger partial charge in [0.1, 0.15) is 6.61 Å². The van der Waals surface area contributed by atoms with Gasteiger partial charge in [0, 0.05) is 0 Å². The lowest BCUT2D eigenvalue weighted by atomic mass is 10.1. The summed E-state index contributed by atoms with van der Waals surface area (Å²) in [6.07, 6.45) is 10.6. The van der Waals surface area contributed by atoms with E-state index in [-0.39, 0.29) is 5.97 Å². The predicted molar refractivity (Wildman–Crippen MR) is 79.0 cm³/mol. The summed E-state index contributed by atoms with van der Waals surface area (Å²) in [5.74, 6) is -0.165. The van der Waals surface area contributed by atoms with Crippen LogP contribution in [-0.4, -0.2) is 12.6 Å². The topological polar surface area (TPSA) is 26.3 Å². The maximum Gasteiger partial charge on any atom is 0.310 e. The Labute approximate surface area is 116 Å². The predicted octanol–water partition coefficient (Wildman–Crippen LogP) is 4.30. The van der Waals surface area contributed by atoms with Crippen LogP contribution in [-0.2, 0) is 16.0 Å². The standard InChI is InChI=1S/C17H24O2/c1-2-3-4-5-6-7-11-14-19-17(18)15-16-12-9-8-10-13-16/h7-13H,2-6,14-15H2,1H3/b11-7+. The van der Waals surface area contributed by atoms with Gasteiger partial charge >= 0.3 is 5.97 Å². The van der Waals surface area contributed by atoms with Gasteiger partial charge in [-0.3, -0.25) is 4.79 Å². The SMILES string of the molecule is CCCCCC/C=C/COC(=O)Cc1ccccc1. The zero-order chi connectivity index (χ0) is 13.8. The largest absolute Gasteiger partial charge is 0.461 e. The van der Waals surface area contributed by atoms with E-state index in [0.717, 1.165) is 12.0 Å². The second-order valence-electron chi connectivity index (χ2n) is 4.67. The number of carbonyl (C=O) groups is 1. The molecule has 0 aromatic heterocycles. The number of unbranched alkanes of at least 4 members (excludes halogenated alkanes) is 4. The van der Waals surface area contributed by atoms with Gasteiger partial charge in [0.25, 0.3) is 0 Å². The number of carbonyl (C=O) groups excluding carboxylic acids is 1. The van der Waals surface area contributed by atoms with E-state index in [1.54, 1.807) is 0 Å². The number of ether oxygens (including phenoxy) is 1. The Morgan fingerprint density at radius 2 is 1.89 bits per heavy atom. The van der Waals surface area contributed by atoms with Crippen molar-refractivity contribution in [1.29, 1.82) is 0 Å². The average molecular weight is 260 g/mol. The second-order valence-corrected chi connectivity index (χ2v) is 4.67. The van der Waals surface area contributed by atoms with Crippen LogP contribution in [0.25, 0.3) is 0 Å². The van der Waals surface area contributed by atoms with Crippen molar-refractivity contribution in [2.45, 2.75) is 45.4 Å². The van der Waals surface area contributed by atoms with Gasteiger partial charge < -0.3 is 4.74 Å². The molecule has 0 saturated carbocycles. The van der Waals surface area contributed by atoms with Gasteiger partial charge in [-0.2, -0.15) is 0 Å². The summed E-state index contributed by atoms with van der Waals surface area (Å²) in [6.45, 7) is 2.60. The molecular formula is C17H24O2. The molecule has 104 valence electrons. The van der Waals surface area contributed by atoms with Gasteiger partial charge in [0.2, 0.25) is 0 Å². The first-order chi connectivity index (χ1) is 9.33. The molecule has 19 heavy (non-hydrogen) atoms. The third-order valence-electron chi connectivity index (χ3n) is 2.92. The Morgan fingerprint density at radius 3 is 2.63 bits per heavy atom. The van der Waals surface area contributed by atoms with E-state index < -0.39 is 0 Å². The minimum absolute atomic E-state index is 0.165. The molecule has 0 atom stereocenters. The number of esters is 1. The number of benzene rings is 1. The van der Waals surface area contributed by atoms with Gasteiger partial charge in [0.15, 0.2) is 0 Å². The van der Waals surface area contributed by atoms with Crippen molar-refractivity contribution in [2.24, 2.45) is 0 Å². The van der Waals surface area contributed by atoms with Gasteiger partial charge in [0.05, 0.1) is 6.42 Å². The Balaban J connectivity index is 2.06. The fourth-order valence-corrected chi connectivity index (χ4v) is 1.83. The van der Waals surface area contributed by atoms with Crippen LogP contribution in [0.2, 0.25) is 0 Å². The average Bonchev–Trinajstić information content (AvgIpc) is 2.43. The maximum absolute atomic E-state index is 11.5. The molecule has 1 aromatic carbocycles. The van der Waals surface area contributed by atoms with E-state index in [4.69, 9.17) is 4.74 Å². The molecule has 0 amide bonds. The summed E-state index contributed by atoms with van der Waals surface area (Å²) in [6, 6.07) is 9.67. The van der Waals surface area contributed by atoms with Crippen molar-refractivity contribution in [1.82, 2.24) is 0 Å². The van der Waals surface area contributed by atoms with Crippen molar-refractivity contribution in [3.8, 4) is 0 Å². The van der Waals surface area contributed by atoms with Crippen LogP contribution in [0.3, 0.4) is 0 Å². The second kappa shape index (κ2) is 10.4. The lowest BCUT2D eigenvalue weighted by Crippen LogP contribution is -2.07. The smallest absolute Gasteiger partial charge is 0.310 e. The third-order valence-corrected chi connectivity index (χ3v) is 2.92. The number of rotatable bonds is 9. The Morgan fingerprint density at radius 1 is 1.11 bits per heavy atom. The molecule has 0 radical (unpaired) electrons. The minimum atomic E-state index is -0.165. The molecule has 0 saturated heterocycles. The number of hydrogen-bond acceptors (Lipinski definition) is 2. The molecule has 0 fully saturated rings. The molecule has 0 aliphatic carbocycles. The van der Waals surface area contributed by atoms with E-state index in [1.807, 2.05) is 36.4 Å². The van der Waals surface area contributed by atoms with Crippen LogP contribution in [0.4, 0.5) is 0 Å². The minimum Gasteiger partial charge on any atom is -0.461 e. The van der Waals surface area contributed by atoms with Gasteiger partial charge in [-0.25, -0.2) is 0 Å². The van der Waals surface area contributed by atoms with Crippen LogP contribution in [0.1, 0.15) is 44.6 Å². The third kappa shape index (κ3) is 8.20. The fraction of sp³-hybridized carbons (Fsp3) is 0.471. The Kier molecular flexibility index (Phi) is 8.45. The Hall–Kier alpha value is -1.57. The fourth-order valence-electron chi connectivity index (χ4n) is 1.83. The van der Waals surface area contributed by atoms with E-state index in [0.29, 0.717) is 13.0 Å². The quantitative estimate of drug-likeness (QED) is 0.376. The van der Waals surface area contributed by atoms with Crippen molar-refractivity contribution >= 4 is 5.97 Å². The van der Waals surface area contributed by atoms with Crippen molar-refractivity contribution < 1.29 is 9.53 Å². The normalized spacial score (nSPS) is 10.8. The molecule has 2 heteroatoms. The summed E-state index contributed by atoms with van der Waals surface area (Å²) in [5.41, 5.74) is 0.996. The molecule has 1 rings (SSSR count). The highest BCUT2D eigenvalue weighted by Gasteiger charge is 2.02. The molecule has 0 heterocycles. The monoisotopic (exact) mass is 260 g/mol. The number of allylic oxidation sites excluding steroid dienone is 1. The van der Waals surface area contributed by atoms with Crippen LogP contribution in [0.15, 0.2) is 42.5 Å². The molecule has 0 bridgehead atoms. The first kappa shape index (κ1) is 15.5. The molecule has 1 aromatic rings. The van der Waals surface area contributed by atoms with Gasteiger partial charge in [-0.15, -0.1) is 0 Å². The zero-order valence-corrected chi connectivity index (χ0v) is 11.8. The summed E-state index contributed by atoms with van der Waals surface area (Å²) >= 11 is 0. The van der Waals surface area contributed by atoms with Crippen molar-refractivity contribution in [3.05, 3.63) is 48.0 Å². The maximum atomic E-state index is 11.5. The highest BCUT2D eigenvalue weighted by Crippen LogP contribution is 2.03. The molecule has 0 aliphatic rings. The highest BCUT2D eigenvalue weighted by atomic mass is 16.5. The lowest BCUT2D eigenvalue weighted by Gasteiger charge is -2.01. The van der Waals surface area contributed by atoms with Crippen molar-refractivity contribution in [3.63, 3.8) is 0 Å². The van der Waals surface area contributed by atoms with Crippen molar-refractivity contribution in [2.75, 3.05) is 6.61 Å². The van der Waals surface area contributed by atoms with Crippen LogP contribution >= 0.6 is 0 Å². The van der Waals surface area contributed by atoms with E-state index in [1.165, 1.54) is 25.7 Å².